The van der Waals surface area contributed by atoms with Gasteiger partial charge >= 0.3 is 12.2 Å². The molecule has 0 aromatic heterocycles. The number of carbonyl (C=O) groups is 2. The zero-order valence-corrected chi connectivity index (χ0v) is 7.38. The van der Waals surface area contributed by atoms with Crippen molar-refractivity contribution in [3.8, 4) is 0 Å². The van der Waals surface area contributed by atoms with Crippen LogP contribution >= 0.6 is 0 Å². The molecule has 0 saturated heterocycles. The van der Waals surface area contributed by atoms with Crippen LogP contribution in [0.3, 0.4) is 0 Å². The van der Waals surface area contributed by atoms with Crippen molar-refractivity contribution in [2.45, 2.75) is 20.8 Å². The topological polar surface area (TPSA) is 75.6 Å². The van der Waals surface area contributed by atoms with E-state index in [2.05, 4.69) is 4.74 Å². The number of carboxylic acid groups (broad SMARTS) is 1. The van der Waals surface area contributed by atoms with Gasteiger partial charge in [0.2, 0.25) is 0 Å². The minimum atomic E-state index is -1.41. The second-order valence-corrected chi connectivity index (χ2v) is 3.57. The third kappa shape index (κ3) is 6.85. The van der Waals surface area contributed by atoms with Crippen LogP contribution < -0.4 is 5.32 Å². The first-order chi connectivity index (χ1) is 5.31. The fourth-order valence-corrected chi connectivity index (χ4v) is 0.405. The Labute approximate surface area is 70.7 Å². The molecule has 5 nitrogen and oxygen atoms in total. The maximum atomic E-state index is 10.6. The minimum Gasteiger partial charge on any atom is -0.465 e. The van der Waals surface area contributed by atoms with Gasteiger partial charge in [0.25, 0.3) is 0 Å². The monoisotopic (exact) mass is 175 g/mol. The molecule has 0 bridgehead atoms. The number of amides is 2. The number of carbonyl (C=O) groups excluding carboxylic acids is 1. The Hall–Kier alpha value is -1.26. The number of ether oxygens (including phenoxy) is 1. The van der Waals surface area contributed by atoms with E-state index < -0.39 is 12.2 Å². The maximum absolute atomic E-state index is 10.6. The van der Waals surface area contributed by atoms with Crippen molar-refractivity contribution < 1.29 is 19.4 Å². The molecule has 0 radical (unpaired) electrons. The van der Waals surface area contributed by atoms with Crippen LogP contribution in [0.4, 0.5) is 9.59 Å². The lowest BCUT2D eigenvalue weighted by Gasteiger charge is -2.17. The molecule has 70 valence electrons. The molecule has 0 atom stereocenters. The minimum absolute atomic E-state index is 0.157. The van der Waals surface area contributed by atoms with Gasteiger partial charge in [-0.15, -0.1) is 0 Å². The Kier molecular flexibility index (Phi) is 3.53. The van der Waals surface area contributed by atoms with Crippen LogP contribution in [0, 0.1) is 5.41 Å². The Morgan fingerprint density at radius 3 is 2.25 bits per heavy atom. The number of alkyl carbamates (subject to hydrolysis) is 1. The average Bonchev–Trinajstić information content (AvgIpc) is 1.80. The Morgan fingerprint density at radius 2 is 1.92 bits per heavy atom. The summed E-state index contributed by atoms with van der Waals surface area (Å²) in [4.78, 5) is 20.5. The highest BCUT2D eigenvalue weighted by molar-refractivity contribution is 5.86. The molecule has 0 aromatic carbocycles. The Balaban J connectivity index is 3.65. The van der Waals surface area contributed by atoms with Gasteiger partial charge in [0.05, 0.1) is 6.61 Å². The van der Waals surface area contributed by atoms with E-state index >= 15 is 0 Å². The molecular weight excluding hydrogens is 162 g/mol. The molecule has 0 aliphatic carbocycles. The Bertz CT molecular complexity index is 182. The van der Waals surface area contributed by atoms with Crippen LogP contribution in [0.15, 0.2) is 0 Å². The Morgan fingerprint density at radius 1 is 1.42 bits per heavy atom. The lowest BCUT2D eigenvalue weighted by molar-refractivity contribution is 0.104. The number of rotatable bonds is 1. The largest absolute Gasteiger partial charge is 0.465 e. The van der Waals surface area contributed by atoms with Gasteiger partial charge in [-0.2, -0.15) is 0 Å². The van der Waals surface area contributed by atoms with E-state index in [1.54, 1.807) is 5.32 Å². The number of hydrogen-bond acceptors (Lipinski definition) is 3. The van der Waals surface area contributed by atoms with Crippen LogP contribution in [-0.4, -0.2) is 23.9 Å². The first-order valence-corrected chi connectivity index (χ1v) is 3.48. The summed E-state index contributed by atoms with van der Waals surface area (Å²) >= 11 is 0. The lowest BCUT2D eigenvalue weighted by Crippen LogP contribution is -2.31. The van der Waals surface area contributed by atoms with E-state index in [-0.39, 0.29) is 12.0 Å². The highest BCUT2D eigenvalue weighted by atomic mass is 16.6. The maximum Gasteiger partial charge on any atom is 0.416 e. The van der Waals surface area contributed by atoms with Crippen molar-refractivity contribution in [3.05, 3.63) is 0 Å². The van der Waals surface area contributed by atoms with Gasteiger partial charge in [0, 0.05) is 0 Å². The molecule has 0 saturated carbocycles. The van der Waals surface area contributed by atoms with Gasteiger partial charge in [-0.05, 0) is 5.41 Å². The highest BCUT2D eigenvalue weighted by Gasteiger charge is 2.14. The van der Waals surface area contributed by atoms with E-state index in [4.69, 9.17) is 5.11 Å². The van der Waals surface area contributed by atoms with Gasteiger partial charge in [0.1, 0.15) is 0 Å². The van der Waals surface area contributed by atoms with Crippen LogP contribution in [0.25, 0.3) is 0 Å². The highest BCUT2D eigenvalue weighted by Crippen LogP contribution is 2.12. The standard InChI is InChI=1S/C7H13NO4/c1-7(2,3)4-12-6(11)8-5(9)10/h4H2,1-3H3,(H,8,11)(H,9,10). The SMILES string of the molecule is CC(C)(C)COC(=O)NC(=O)O. The van der Waals surface area contributed by atoms with Crippen molar-refractivity contribution in [1.82, 2.24) is 5.32 Å². The molecule has 0 spiro atoms. The van der Waals surface area contributed by atoms with Crippen molar-refractivity contribution in [3.63, 3.8) is 0 Å². The predicted molar refractivity (Wildman–Crippen MR) is 42.0 cm³/mol. The van der Waals surface area contributed by atoms with Gasteiger partial charge in [0.15, 0.2) is 0 Å². The zero-order chi connectivity index (χ0) is 9.78. The van der Waals surface area contributed by atoms with Gasteiger partial charge in [-0.1, -0.05) is 20.8 Å². The molecule has 12 heavy (non-hydrogen) atoms. The van der Waals surface area contributed by atoms with Crippen LogP contribution in [0.5, 0.6) is 0 Å². The summed E-state index contributed by atoms with van der Waals surface area (Å²) in [7, 11) is 0. The molecule has 0 heterocycles. The summed E-state index contributed by atoms with van der Waals surface area (Å²) in [5, 5.41) is 9.67. The average molecular weight is 175 g/mol. The van der Waals surface area contributed by atoms with Crippen molar-refractivity contribution >= 4 is 12.2 Å². The second kappa shape index (κ2) is 3.94. The molecule has 5 heteroatoms. The molecule has 0 rings (SSSR count). The first kappa shape index (κ1) is 10.7. The predicted octanol–water partition coefficient (Wildman–Crippen LogP) is 1.44. The number of nitrogens with one attached hydrogen (secondary N) is 1. The van der Waals surface area contributed by atoms with E-state index in [1.165, 1.54) is 0 Å². The van der Waals surface area contributed by atoms with Crippen molar-refractivity contribution in [2.75, 3.05) is 6.61 Å². The lowest BCUT2D eigenvalue weighted by atomic mass is 9.99. The molecule has 0 aromatic rings. The van der Waals surface area contributed by atoms with E-state index in [9.17, 15) is 9.59 Å². The van der Waals surface area contributed by atoms with Crippen LogP contribution in [0.2, 0.25) is 0 Å². The normalized spacial score (nSPS) is 10.6. The fourth-order valence-electron chi connectivity index (χ4n) is 0.405. The fraction of sp³-hybridized carbons (Fsp3) is 0.714. The molecule has 0 aliphatic rings. The van der Waals surface area contributed by atoms with E-state index in [0.717, 1.165) is 0 Å². The van der Waals surface area contributed by atoms with Crippen molar-refractivity contribution in [1.29, 1.82) is 0 Å². The molecule has 0 aliphatic heterocycles. The summed E-state index contributed by atoms with van der Waals surface area (Å²) in [6, 6.07) is 0. The van der Waals surface area contributed by atoms with Gasteiger partial charge in [-0.25, -0.2) is 14.9 Å². The first-order valence-electron chi connectivity index (χ1n) is 3.48. The molecule has 2 N–H and O–H groups in total. The summed E-state index contributed by atoms with van der Waals surface area (Å²) in [6.07, 6.45) is -2.34. The van der Waals surface area contributed by atoms with Gasteiger partial charge in [-0.3, -0.25) is 0 Å². The summed E-state index contributed by atoms with van der Waals surface area (Å²) < 4.78 is 4.59. The number of imide groups is 1. The van der Waals surface area contributed by atoms with E-state index in [0.29, 0.717) is 0 Å². The van der Waals surface area contributed by atoms with Crippen molar-refractivity contribution in [2.24, 2.45) is 5.41 Å². The third-order valence-corrected chi connectivity index (χ3v) is 0.845. The quantitative estimate of drug-likeness (QED) is 0.632. The smallest absolute Gasteiger partial charge is 0.416 e. The second-order valence-electron chi connectivity index (χ2n) is 3.57. The zero-order valence-electron chi connectivity index (χ0n) is 7.38. The summed E-state index contributed by atoms with van der Waals surface area (Å²) in [5.74, 6) is 0. The molecule has 0 unspecified atom stereocenters. The van der Waals surface area contributed by atoms with E-state index in [1.807, 2.05) is 20.8 Å². The molecule has 0 fully saturated rings. The number of hydrogen-bond donors (Lipinski definition) is 2. The van der Waals surface area contributed by atoms with Gasteiger partial charge < -0.3 is 9.84 Å². The summed E-state index contributed by atoms with van der Waals surface area (Å²) in [5.41, 5.74) is -0.157. The van der Waals surface area contributed by atoms with Crippen LogP contribution in [0.1, 0.15) is 20.8 Å². The van der Waals surface area contributed by atoms with Crippen LogP contribution in [-0.2, 0) is 4.74 Å². The molecule has 2 amide bonds. The molecular formula is C7H13NO4. The third-order valence-electron chi connectivity index (χ3n) is 0.845. The summed E-state index contributed by atoms with van der Waals surface area (Å²) in [6.45, 7) is 5.81.